The van der Waals surface area contributed by atoms with Crippen molar-refractivity contribution in [2.24, 2.45) is 17.4 Å². The summed E-state index contributed by atoms with van der Waals surface area (Å²) in [6, 6.07) is 9.86. The van der Waals surface area contributed by atoms with Gasteiger partial charge in [0.1, 0.15) is 5.82 Å². The third-order valence-electron chi connectivity index (χ3n) is 7.52. The number of benzene rings is 1. The molecule has 0 bridgehead atoms. The van der Waals surface area contributed by atoms with Crippen LogP contribution in [0.15, 0.2) is 41.3 Å². The summed E-state index contributed by atoms with van der Waals surface area (Å²) in [6.07, 6.45) is 5.97. The number of hydrogen-bond acceptors (Lipinski definition) is 7. The highest BCUT2D eigenvalue weighted by Crippen LogP contribution is 2.28. The fourth-order valence-corrected chi connectivity index (χ4v) is 5.15. The molecule has 0 spiro atoms. The van der Waals surface area contributed by atoms with Crippen LogP contribution in [0.4, 0.5) is 10.6 Å². The summed E-state index contributed by atoms with van der Waals surface area (Å²) >= 11 is 0. The van der Waals surface area contributed by atoms with Crippen molar-refractivity contribution < 1.29 is 9.59 Å². The number of urea groups is 1. The molecule has 11 heteroatoms. The molecule has 0 radical (unpaired) electrons. The molecule has 1 aliphatic heterocycles. The quantitative estimate of drug-likeness (QED) is 0.375. The number of piperazine rings is 1. The molecule has 2 aliphatic rings. The number of rotatable bonds is 9. The average molecular weight is 539 g/mol. The molecule has 2 aromatic rings. The molecule has 1 aliphatic carbocycles. The van der Waals surface area contributed by atoms with Crippen LogP contribution in [-0.2, 0) is 11.2 Å². The van der Waals surface area contributed by atoms with Crippen LogP contribution < -0.4 is 27.8 Å². The number of aromatic nitrogens is 2. The number of anilines is 1. The van der Waals surface area contributed by atoms with Gasteiger partial charge < -0.3 is 26.6 Å². The van der Waals surface area contributed by atoms with Crippen LogP contribution in [0.2, 0.25) is 0 Å². The molecule has 1 aromatic heterocycles. The SMILES string of the molecule is CC(Cc1ccc(-n2ccc(NC(=O)N3CCN(C(=O)C(C)(C)N)CC3)nc2=O)cc1)NCC[C@H]1C[C@H](N)C1. The fourth-order valence-electron chi connectivity index (χ4n) is 5.15. The lowest BCUT2D eigenvalue weighted by molar-refractivity contribution is -0.137. The van der Waals surface area contributed by atoms with Gasteiger partial charge in [-0.1, -0.05) is 12.1 Å². The van der Waals surface area contributed by atoms with E-state index in [0.29, 0.717) is 44.0 Å². The highest BCUT2D eigenvalue weighted by molar-refractivity contribution is 5.89. The molecular formula is C28H42N8O3. The second kappa shape index (κ2) is 12.3. The van der Waals surface area contributed by atoms with Crippen LogP contribution in [0.1, 0.15) is 45.6 Å². The lowest BCUT2D eigenvalue weighted by Crippen LogP contribution is -2.58. The van der Waals surface area contributed by atoms with E-state index in [0.717, 1.165) is 31.7 Å². The monoisotopic (exact) mass is 538 g/mol. The predicted octanol–water partition coefficient (Wildman–Crippen LogP) is 1.29. The van der Waals surface area contributed by atoms with E-state index in [9.17, 15) is 14.4 Å². The zero-order valence-electron chi connectivity index (χ0n) is 23.2. The van der Waals surface area contributed by atoms with Gasteiger partial charge in [0.25, 0.3) is 0 Å². The van der Waals surface area contributed by atoms with Crippen molar-refractivity contribution in [2.45, 2.75) is 64.1 Å². The minimum atomic E-state index is -0.946. The highest BCUT2D eigenvalue weighted by atomic mass is 16.2. The normalized spacial score (nSPS) is 20.3. The Bertz CT molecular complexity index is 1190. The van der Waals surface area contributed by atoms with Crippen LogP contribution in [0.3, 0.4) is 0 Å². The largest absolute Gasteiger partial charge is 0.354 e. The number of carbonyl (C=O) groups excluding carboxylic acids is 2. The minimum Gasteiger partial charge on any atom is -0.338 e. The topological polar surface area (TPSA) is 152 Å². The van der Waals surface area contributed by atoms with Crippen molar-refractivity contribution >= 4 is 17.8 Å². The van der Waals surface area contributed by atoms with Crippen molar-refractivity contribution in [2.75, 3.05) is 38.0 Å². The van der Waals surface area contributed by atoms with Crippen molar-refractivity contribution in [3.05, 3.63) is 52.6 Å². The van der Waals surface area contributed by atoms with Gasteiger partial charge >= 0.3 is 11.7 Å². The van der Waals surface area contributed by atoms with Crippen molar-refractivity contribution in [1.82, 2.24) is 24.7 Å². The molecule has 1 unspecified atom stereocenters. The molecule has 11 nitrogen and oxygen atoms in total. The second-order valence-electron chi connectivity index (χ2n) is 11.5. The Labute approximate surface area is 229 Å². The number of nitrogens with two attached hydrogens (primary N) is 2. The molecular weight excluding hydrogens is 496 g/mol. The maximum atomic E-state index is 12.7. The van der Waals surface area contributed by atoms with Gasteiger partial charge in [0.2, 0.25) is 5.91 Å². The summed E-state index contributed by atoms with van der Waals surface area (Å²) in [6.45, 7) is 8.09. The Morgan fingerprint density at radius 2 is 1.72 bits per heavy atom. The van der Waals surface area contributed by atoms with Crippen LogP contribution in [-0.4, -0.2) is 81.6 Å². The summed E-state index contributed by atoms with van der Waals surface area (Å²) in [5.41, 5.74) is 12.2. The number of nitrogens with one attached hydrogen (secondary N) is 2. The third kappa shape index (κ3) is 7.65. The van der Waals surface area contributed by atoms with Gasteiger partial charge in [-0.3, -0.25) is 14.7 Å². The number of carbonyl (C=O) groups is 2. The van der Waals surface area contributed by atoms with E-state index in [1.54, 1.807) is 35.9 Å². The zero-order chi connectivity index (χ0) is 28.2. The minimum absolute atomic E-state index is 0.141. The van der Waals surface area contributed by atoms with Crippen molar-refractivity contribution in [3.8, 4) is 5.69 Å². The highest BCUT2D eigenvalue weighted by Gasteiger charge is 2.31. The summed E-state index contributed by atoms with van der Waals surface area (Å²) in [5.74, 6) is 0.808. The Morgan fingerprint density at radius 1 is 1.08 bits per heavy atom. The number of hydrogen-bond donors (Lipinski definition) is 4. The first kappa shape index (κ1) is 28.7. The van der Waals surface area contributed by atoms with E-state index < -0.39 is 11.2 Å². The molecule has 2 heterocycles. The van der Waals surface area contributed by atoms with Crippen LogP contribution in [0.5, 0.6) is 0 Å². The first-order valence-electron chi connectivity index (χ1n) is 13.8. The molecule has 1 atom stereocenters. The molecule has 3 amide bonds. The van der Waals surface area contributed by atoms with Crippen LogP contribution >= 0.6 is 0 Å². The molecule has 6 N–H and O–H groups in total. The Kier molecular flexibility index (Phi) is 9.04. The van der Waals surface area contributed by atoms with E-state index in [2.05, 4.69) is 22.5 Å². The van der Waals surface area contributed by atoms with Gasteiger partial charge in [-0.25, -0.2) is 9.59 Å². The molecule has 1 saturated heterocycles. The van der Waals surface area contributed by atoms with Crippen molar-refractivity contribution in [1.29, 1.82) is 0 Å². The van der Waals surface area contributed by atoms with Crippen molar-refractivity contribution in [3.63, 3.8) is 0 Å². The van der Waals surface area contributed by atoms with E-state index in [1.165, 1.54) is 16.6 Å². The lowest BCUT2D eigenvalue weighted by atomic mass is 9.79. The molecule has 2 fully saturated rings. The summed E-state index contributed by atoms with van der Waals surface area (Å²) in [5, 5.41) is 6.28. The van der Waals surface area contributed by atoms with Gasteiger partial charge in [0, 0.05) is 44.5 Å². The maximum Gasteiger partial charge on any atom is 0.354 e. The van der Waals surface area contributed by atoms with E-state index in [-0.39, 0.29) is 17.8 Å². The van der Waals surface area contributed by atoms with Crippen LogP contribution in [0.25, 0.3) is 5.69 Å². The predicted molar refractivity (Wildman–Crippen MR) is 152 cm³/mol. The molecule has 1 aromatic carbocycles. The summed E-state index contributed by atoms with van der Waals surface area (Å²) in [7, 11) is 0. The Hall–Kier alpha value is -3.28. The van der Waals surface area contributed by atoms with Gasteiger partial charge in [0.15, 0.2) is 0 Å². The molecule has 39 heavy (non-hydrogen) atoms. The van der Waals surface area contributed by atoms with E-state index >= 15 is 0 Å². The first-order chi connectivity index (χ1) is 18.5. The van der Waals surface area contributed by atoms with E-state index in [1.807, 2.05) is 24.3 Å². The second-order valence-corrected chi connectivity index (χ2v) is 11.5. The Morgan fingerprint density at radius 3 is 2.31 bits per heavy atom. The number of amides is 3. The van der Waals surface area contributed by atoms with Crippen LogP contribution in [0, 0.1) is 5.92 Å². The smallest absolute Gasteiger partial charge is 0.338 e. The van der Waals surface area contributed by atoms with Gasteiger partial charge in [-0.05, 0) is 82.7 Å². The molecule has 4 rings (SSSR count). The average Bonchev–Trinajstić information content (AvgIpc) is 2.87. The molecule has 212 valence electrons. The lowest BCUT2D eigenvalue weighted by Gasteiger charge is -2.37. The first-order valence-corrected chi connectivity index (χ1v) is 13.8. The van der Waals surface area contributed by atoms with Gasteiger partial charge in [0.05, 0.1) is 11.2 Å². The van der Waals surface area contributed by atoms with Gasteiger partial charge in [-0.15, -0.1) is 0 Å². The fraction of sp³-hybridized carbons (Fsp3) is 0.571. The Balaban J connectivity index is 1.26. The zero-order valence-corrected chi connectivity index (χ0v) is 23.2. The van der Waals surface area contributed by atoms with Gasteiger partial charge in [-0.2, -0.15) is 4.98 Å². The third-order valence-corrected chi connectivity index (χ3v) is 7.52. The summed E-state index contributed by atoms with van der Waals surface area (Å²) in [4.78, 5) is 45.1. The standard InChI is InChI=1S/C28H42N8O3/c1-19(31-10-8-21-17-22(29)18-21)16-20-4-6-23(7-5-20)36-11-9-24(33-27(36)39)32-26(38)35-14-12-34(13-15-35)25(37)28(2,3)30/h4-7,9,11,19,21-22,31H,8,10,12-18,29-30H2,1-3H3,(H,32,33,38,39)/t19?,21-,22-. The summed E-state index contributed by atoms with van der Waals surface area (Å²) < 4.78 is 1.45. The number of nitrogens with zero attached hydrogens (tertiary/aromatic N) is 4. The maximum absolute atomic E-state index is 12.7. The molecule has 1 saturated carbocycles. The van der Waals surface area contributed by atoms with E-state index in [4.69, 9.17) is 11.5 Å².